The lowest BCUT2D eigenvalue weighted by molar-refractivity contribution is -0.0494. The first-order chi connectivity index (χ1) is 22.8. The smallest absolute Gasteiger partial charge is 0.387 e. The van der Waals surface area contributed by atoms with Crippen LogP contribution in [0.15, 0.2) is 65.8 Å². The number of piperidine rings is 1. The van der Waals surface area contributed by atoms with Gasteiger partial charge in [0.2, 0.25) is 0 Å². The Balaban J connectivity index is 1.24. The number of alkyl halides is 2. The molecule has 1 amide bonds. The van der Waals surface area contributed by atoms with Gasteiger partial charge in [0.25, 0.3) is 5.91 Å². The fraction of sp³-hybridized carbons (Fsp3) is 0.419. The van der Waals surface area contributed by atoms with Crippen molar-refractivity contribution in [2.45, 2.75) is 55.8 Å². The van der Waals surface area contributed by atoms with E-state index in [-0.39, 0.29) is 40.8 Å². The van der Waals surface area contributed by atoms with E-state index in [0.717, 1.165) is 56.9 Å². The Hall–Kier alpha value is -4.25. The van der Waals surface area contributed by atoms with E-state index in [0.29, 0.717) is 17.4 Å². The second-order valence-corrected chi connectivity index (χ2v) is 12.4. The minimum Gasteiger partial charge on any atom is -0.434 e. The van der Waals surface area contributed by atoms with Gasteiger partial charge in [0, 0.05) is 79.3 Å². The molecule has 16 heteroatoms. The molecule has 47 heavy (non-hydrogen) atoms. The SMILES string of the molecule is CSc1ccc(OC(F)F)c(-c2nn(C/C(N)=C/N(N)C3CCN(C4CCOCC4)CC3)cc2NC(=O)c2cnn3cccnc23)c1. The quantitative estimate of drug-likeness (QED) is 0.122. The van der Waals surface area contributed by atoms with Crippen molar-refractivity contribution < 1.29 is 23.0 Å². The fourth-order valence-electron chi connectivity index (χ4n) is 6.11. The zero-order valence-electron chi connectivity index (χ0n) is 26.0. The van der Waals surface area contributed by atoms with Crippen LogP contribution in [0.2, 0.25) is 0 Å². The van der Waals surface area contributed by atoms with E-state index in [1.807, 2.05) is 6.26 Å². The molecule has 0 atom stereocenters. The molecule has 0 bridgehead atoms. The summed E-state index contributed by atoms with van der Waals surface area (Å²) in [6.07, 6.45) is 13.8. The van der Waals surface area contributed by atoms with E-state index in [1.165, 1.54) is 33.2 Å². The fourth-order valence-corrected chi connectivity index (χ4v) is 6.55. The first-order valence-electron chi connectivity index (χ1n) is 15.4. The maximum absolute atomic E-state index is 13.5. The van der Waals surface area contributed by atoms with Gasteiger partial charge in [-0.05, 0) is 56.2 Å². The topological polar surface area (TPSA) is 154 Å². The Morgan fingerprint density at radius 2 is 2.04 bits per heavy atom. The van der Waals surface area contributed by atoms with Gasteiger partial charge in [0.15, 0.2) is 5.65 Å². The van der Waals surface area contributed by atoms with Crippen LogP contribution in [0.5, 0.6) is 5.75 Å². The predicted octanol–water partition coefficient (Wildman–Crippen LogP) is 3.79. The summed E-state index contributed by atoms with van der Waals surface area (Å²) in [7, 11) is 0. The average molecular weight is 669 g/mol. The van der Waals surface area contributed by atoms with Crippen molar-refractivity contribution in [3.05, 3.63) is 66.5 Å². The number of hydrazine groups is 1. The summed E-state index contributed by atoms with van der Waals surface area (Å²) < 4.78 is 40.2. The number of amides is 1. The molecule has 2 aliphatic heterocycles. The lowest BCUT2D eigenvalue weighted by Crippen LogP contribution is -2.50. The zero-order chi connectivity index (χ0) is 32.9. The van der Waals surface area contributed by atoms with E-state index < -0.39 is 12.5 Å². The highest BCUT2D eigenvalue weighted by atomic mass is 32.2. The number of nitrogens with zero attached hydrogens (tertiary/aromatic N) is 7. The molecule has 4 aromatic rings. The highest BCUT2D eigenvalue weighted by molar-refractivity contribution is 7.98. The van der Waals surface area contributed by atoms with Gasteiger partial charge in [0.1, 0.15) is 17.0 Å². The van der Waals surface area contributed by atoms with Gasteiger partial charge in [-0.3, -0.25) is 9.48 Å². The number of hydrogen-bond donors (Lipinski definition) is 3. The molecule has 0 radical (unpaired) electrons. The van der Waals surface area contributed by atoms with Crippen LogP contribution >= 0.6 is 11.8 Å². The van der Waals surface area contributed by atoms with Gasteiger partial charge in [-0.15, -0.1) is 11.8 Å². The second kappa shape index (κ2) is 14.7. The van der Waals surface area contributed by atoms with Crippen LogP contribution < -0.4 is 21.6 Å². The number of thioether (sulfide) groups is 1. The van der Waals surface area contributed by atoms with E-state index in [9.17, 15) is 13.6 Å². The van der Waals surface area contributed by atoms with Crippen molar-refractivity contribution in [3.63, 3.8) is 0 Å². The molecule has 1 aromatic carbocycles. The summed E-state index contributed by atoms with van der Waals surface area (Å²) in [5.74, 6) is 5.88. The first-order valence-corrected chi connectivity index (χ1v) is 16.6. The molecule has 0 unspecified atom stereocenters. The highest BCUT2D eigenvalue weighted by Gasteiger charge is 2.28. The van der Waals surface area contributed by atoms with Crippen molar-refractivity contribution in [2.75, 3.05) is 37.9 Å². The normalized spacial score (nSPS) is 17.0. The van der Waals surface area contributed by atoms with Gasteiger partial charge >= 0.3 is 6.61 Å². The van der Waals surface area contributed by atoms with Gasteiger partial charge in [-0.25, -0.2) is 15.3 Å². The molecule has 0 aliphatic carbocycles. The molecular weight excluding hydrogens is 630 g/mol. The van der Waals surface area contributed by atoms with Gasteiger partial charge in [-0.1, -0.05) is 0 Å². The van der Waals surface area contributed by atoms with E-state index in [1.54, 1.807) is 48.0 Å². The van der Waals surface area contributed by atoms with E-state index >= 15 is 0 Å². The van der Waals surface area contributed by atoms with Crippen LogP contribution in [-0.4, -0.2) is 91.4 Å². The van der Waals surface area contributed by atoms with Gasteiger partial charge in [-0.2, -0.15) is 19.0 Å². The predicted molar refractivity (Wildman–Crippen MR) is 174 cm³/mol. The largest absolute Gasteiger partial charge is 0.434 e. The summed E-state index contributed by atoms with van der Waals surface area (Å²) in [5.41, 5.74) is 8.25. The number of nitrogens with one attached hydrogen (secondary N) is 1. The Bertz CT molecular complexity index is 1720. The number of benzene rings is 1. The van der Waals surface area contributed by atoms with Gasteiger partial charge < -0.3 is 30.4 Å². The number of ether oxygens (including phenoxy) is 2. The molecule has 0 spiro atoms. The number of carbonyl (C=O) groups is 1. The van der Waals surface area contributed by atoms with Crippen LogP contribution in [0.1, 0.15) is 36.0 Å². The maximum atomic E-state index is 13.5. The minimum atomic E-state index is -3.06. The summed E-state index contributed by atoms with van der Waals surface area (Å²) in [4.78, 5) is 21.0. The summed E-state index contributed by atoms with van der Waals surface area (Å²) >= 11 is 1.43. The number of fused-ring (bicyclic) bond motifs is 1. The summed E-state index contributed by atoms with van der Waals surface area (Å²) in [6, 6.07) is 7.22. The standard InChI is InChI=1S/C31H38F2N10O3S/c1-47-23-3-4-27(46-31(32)33)24(15-23)28-26(38-30(44)25-16-37-43-10-2-9-36-29(25)43)19-41(39-28)17-20(34)18-42(35)22-5-11-40(12-6-22)21-7-13-45-14-8-21/h2-4,9-10,15-16,18-19,21-22,31H,5-8,11-14,17,34-35H2,1H3,(H,38,44)/b20-18-. The van der Waals surface area contributed by atoms with Crippen molar-refractivity contribution >= 4 is 29.0 Å². The highest BCUT2D eigenvalue weighted by Crippen LogP contribution is 2.38. The number of likely N-dealkylation sites (tertiary alicyclic amines) is 1. The molecular formula is C31H38F2N10O3S. The number of anilines is 1. The second-order valence-electron chi connectivity index (χ2n) is 11.5. The molecule has 2 aliphatic rings. The Kier molecular flexibility index (Phi) is 10.2. The Morgan fingerprint density at radius 3 is 2.79 bits per heavy atom. The van der Waals surface area contributed by atoms with Crippen LogP contribution in [0.3, 0.4) is 0 Å². The van der Waals surface area contributed by atoms with Crippen molar-refractivity contribution in [3.8, 4) is 17.0 Å². The van der Waals surface area contributed by atoms with Crippen LogP contribution in [0.25, 0.3) is 16.9 Å². The zero-order valence-corrected chi connectivity index (χ0v) is 26.8. The number of aromatic nitrogens is 5. The first kappa shape index (κ1) is 32.7. The molecule has 5 N–H and O–H groups in total. The molecule has 0 saturated carbocycles. The summed E-state index contributed by atoms with van der Waals surface area (Å²) in [5, 5.41) is 13.4. The molecule has 6 rings (SSSR count). The maximum Gasteiger partial charge on any atom is 0.387 e. The molecule has 5 heterocycles. The third kappa shape index (κ3) is 7.67. The number of rotatable bonds is 11. The van der Waals surface area contributed by atoms with E-state index in [4.69, 9.17) is 21.1 Å². The Labute approximate surface area is 274 Å². The lowest BCUT2D eigenvalue weighted by Gasteiger charge is -2.41. The van der Waals surface area contributed by atoms with Crippen LogP contribution in [0, 0.1) is 0 Å². The molecule has 3 aromatic heterocycles. The number of nitrogens with two attached hydrogens (primary N) is 2. The van der Waals surface area contributed by atoms with Crippen LogP contribution in [-0.2, 0) is 11.3 Å². The summed E-state index contributed by atoms with van der Waals surface area (Å²) in [6.45, 7) is 0.620. The third-order valence-corrected chi connectivity index (χ3v) is 9.20. The molecule has 13 nitrogen and oxygen atoms in total. The van der Waals surface area contributed by atoms with E-state index in [2.05, 4.69) is 25.4 Å². The molecule has 250 valence electrons. The lowest BCUT2D eigenvalue weighted by atomic mass is 9.99. The number of carbonyl (C=O) groups excluding carboxylic acids is 1. The Morgan fingerprint density at radius 1 is 1.26 bits per heavy atom. The average Bonchev–Trinajstić information content (AvgIpc) is 3.69. The minimum absolute atomic E-state index is 0.0834. The molecule has 2 fully saturated rings. The van der Waals surface area contributed by atoms with Crippen molar-refractivity contribution in [1.82, 2.24) is 34.3 Å². The monoisotopic (exact) mass is 668 g/mol. The number of hydrogen-bond acceptors (Lipinski definition) is 11. The molecule has 2 saturated heterocycles. The van der Waals surface area contributed by atoms with Crippen LogP contribution in [0.4, 0.5) is 14.5 Å². The van der Waals surface area contributed by atoms with Crippen molar-refractivity contribution in [2.24, 2.45) is 11.6 Å². The number of halogens is 2. The number of allylic oxidation sites excluding steroid dienone is 1. The third-order valence-electron chi connectivity index (χ3n) is 8.48. The van der Waals surface area contributed by atoms with Gasteiger partial charge in [0.05, 0.1) is 18.4 Å². The van der Waals surface area contributed by atoms with Crippen molar-refractivity contribution in [1.29, 1.82) is 0 Å².